The fourth-order valence-corrected chi connectivity index (χ4v) is 5.37. The Bertz CT molecular complexity index is 1580. The number of hydrogen-bond acceptors (Lipinski definition) is 7. The number of carbonyl (C=O) groups excluding carboxylic acids is 1. The van der Waals surface area contributed by atoms with E-state index in [4.69, 9.17) is 24.9 Å². The number of rotatable bonds is 8. The molecule has 5 rings (SSSR count). The summed E-state index contributed by atoms with van der Waals surface area (Å²) < 4.78 is 16.7. The minimum atomic E-state index is -0.159. The first-order chi connectivity index (χ1) is 18.0. The lowest BCUT2D eigenvalue weighted by Gasteiger charge is -2.14. The van der Waals surface area contributed by atoms with Crippen molar-refractivity contribution in [3.8, 4) is 39.6 Å². The van der Waals surface area contributed by atoms with Crippen LogP contribution in [0.4, 0.5) is 5.69 Å². The van der Waals surface area contributed by atoms with E-state index < -0.39 is 0 Å². The van der Waals surface area contributed by atoms with Gasteiger partial charge < -0.3 is 19.9 Å². The highest BCUT2D eigenvalue weighted by Crippen LogP contribution is 2.45. The average Bonchev–Trinajstić information content (AvgIpc) is 3.29. The third-order valence-electron chi connectivity index (χ3n) is 6.10. The highest BCUT2D eigenvalue weighted by Gasteiger charge is 2.24. The van der Waals surface area contributed by atoms with Gasteiger partial charge in [0, 0.05) is 27.6 Å². The molecule has 0 fully saturated rings. The van der Waals surface area contributed by atoms with Crippen LogP contribution in [0, 0.1) is 0 Å². The lowest BCUT2D eigenvalue weighted by molar-refractivity contribution is 0.104. The standard InChI is InChI=1S/C30H26N2O4S/c1-4-36-20-12-10-19(11-13-20)28(33)29-27(31)26-23(22-16-21(34-2)14-15-25(22)35-3)17-24(32-30(26)37-29)18-8-6-5-7-9-18/h5-17H,4,31H2,1-3H3. The van der Waals surface area contributed by atoms with Crippen LogP contribution in [0.3, 0.4) is 0 Å². The van der Waals surface area contributed by atoms with Crippen molar-refractivity contribution in [3.05, 3.63) is 89.3 Å². The molecule has 0 bridgehead atoms. The van der Waals surface area contributed by atoms with Crippen LogP contribution >= 0.6 is 11.3 Å². The number of carbonyl (C=O) groups is 1. The van der Waals surface area contributed by atoms with Crippen LogP contribution in [0.2, 0.25) is 0 Å². The quantitative estimate of drug-likeness (QED) is 0.230. The van der Waals surface area contributed by atoms with Gasteiger partial charge in [0.2, 0.25) is 5.78 Å². The van der Waals surface area contributed by atoms with Gasteiger partial charge in [0.05, 0.1) is 32.2 Å². The molecule has 0 saturated carbocycles. The number of anilines is 1. The summed E-state index contributed by atoms with van der Waals surface area (Å²) in [5, 5.41) is 0.713. The summed E-state index contributed by atoms with van der Waals surface area (Å²) in [5.74, 6) is 1.90. The van der Waals surface area contributed by atoms with Gasteiger partial charge in [0.1, 0.15) is 27.0 Å². The monoisotopic (exact) mass is 510 g/mol. The van der Waals surface area contributed by atoms with Crippen LogP contribution < -0.4 is 19.9 Å². The molecular formula is C30H26N2O4S. The molecule has 3 aromatic carbocycles. The zero-order valence-electron chi connectivity index (χ0n) is 20.8. The molecule has 0 atom stereocenters. The summed E-state index contributed by atoms with van der Waals surface area (Å²) in [6.07, 6.45) is 0. The number of pyridine rings is 1. The van der Waals surface area contributed by atoms with Gasteiger partial charge in [0.15, 0.2) is 0 Å². The predicted molar refractivity (Wildman–Crippen MR) is 149 cm³/mol. The number of nitrogens with two attached hydrogens (primary N) is 1. The van der Waals surface area contributed by atoms with Gasteiger partial charge in [-0.2, -0.15) is 0 Å². The third-order valence-corrected chi connectivity index (χ3v) is 7.20. The minimum absolute atomic E-state index is 0.159. The van der Waals surface area contributed by atoms with E-state index in [9.17, 15) is 4.79 Å². The molecule has 2 N–H and O–H groups in total. The number of nitrogens with zero attached hydrogens (tertiary/aromatic N) is 1. The summed E-state index contributed by atoms with van der Waals surface area (Å²) in [6, 6.07) is 24.6. The van der Waals surface area contributed by atoms with Crippen molar-refractivity contribution >= 4 is 33.0 Å². The van der Waals surface area contributed by atoms with E-state index in [0.717, 1.165) is 22.4 Å². The molecule has 7 heteroatoms. The molecule has 2 aromatic heterocycles. The first kappa shape index (κ1) is 24.3. The Morgan fingerprint density at radius 1 is 0.892 bits per heavy atom. The van der Waals surface area contributed by atoms with Crippen molar-refractivity contribution in [2.24, 2.45) is 0 Å². The van der Waals surface area contributed by atoms with E-state index in [1.807, 2.05) is 61.5 Å². The fourth-order valence-electron chi connectivity index (χ4n) is 4.28. The van der Waals surface area contributed by atoms with Crippen molar-refractivity contribution in [2.45, 2.75) is 6.92 Å². The second-order valence-electron chi connectivity index (χ2n) is 8.30. The topological polar surface area (TPSA) is 83.7 Å². The first-order valence-electron chi connectivity index (χ1n) is 11.8. The highest BCUT2D eigenvalue weighted by atomic mass is 32.1. The Kier molecular flexibility index (Phi) is 6.79. The lowest BCUT2D eigenvalue weighted by atomic mass is 9.97. The smallest absolute Gasteiger partial charge is 0.205 e. The molecule has 0 amide bonds. The molecule has 0 spiro atoms. The number of thiophene rings is 1. The van der Waals surface area contributed by atoms with Crippen LogP contribution in [0.5, 0.6) is 17.2 Å². The number of hydrogen-bond donors (Lipinski definition) is 1. The fraction of sp³-hybridized carbons (Fsp3) is 0.133. The number of benzene rings is 3. The Morgan fingerprint density at radius 2 is 1.62 bits per heavy atom. The van der Waals surface area contributed by atoms with Crippen LogP contribution in [0.15, 0.2) is 78.9 Å². The summed E-state index contributed by atoms with van der Waals surface area (Å²) in [4.78, 5) is 19.6. The van der Waals surface area contributed by atoms with Gasteiger partial charge in [-0.15, -0.1) is 11.3 Å². The molecule has 2 heterocycles. The van der Waals surface area contributed by atoms with Gasteiger partial charge in [-0.05, 0) is 55.5 Å². The SMILES string of the molecule is CCOc1ccc(C(=O)c2sc3nc(-c4ccccc4)cc(-c4cc(OC)ccc4OC)c3c2N)cc1. The Morgan fingerprint density at radius 3 is 2.30 bits per heavy atom. The molecule has 0 aliphatic carbocycles. The van der Waals surface area contributed by atoms with Gasteiger partial charge in [0.25, 0.3) is 0 Å². The van der Waals surface area contributed by atoms with Crippen molar-refractivity contribution in [3.63, 3.8) is 0 Å². The number of methoxy groups -OCH3 is 2. The molecule has 37 heavy (non-hydrogen) atoms. The molecule has 5 aromatic rings. The van der Waals surface area contributed by atoms with Crippen molar-refractivity contribution in [1.29, 1.82) is 0 Å². The molecule has 186 valence electrons. The maximum Gasteiger partial charge on any atom is 0.205 e. The molecule has 6 nitrogen and oxygen atoms in total. The summed E-state index contributed by atoms with van der Waals surface area (Å²) in [6.45, 7) is 2.48. The largest absolute Gasteiger partial charge is 0.497 e. The van der Waals surface area contributed by atoms with Gasteiger partial charge in [-0.25, -0.2) is 4.98 Å². The van der Waals surface area contributed by atoms with E-state index in [1.165, 1.54) is 11.3 Å². The number of nitrogen functional groups attached to an aromatic ring is 1. The number of ketones is 1. The molecule has 0 unspecified atom stereocenters. The first-order valence-corrected chi connectivity index (χ1v) is 12.6. The van der Waals surface area contributed by atoms with Gasteiger partial charge in [-0.1, -0.05) is 30.3 Å². The van der Waals surface area contributed by atoms with E-state index in [-0.39, 0.29) is 5.78 Å². The van der Waals surface area contributed by atoms with Crippen molar-refractivity contribution in [1.82, 2.24) is 4.98 Å². The molecular weight excluding hydrogens is 484 g/mol. The zero-order valence-corrected chi connectivity index (χ0v) is 21.6. The second kappa shape index (κ2) is 10.3. The average molecular weight is 511 g/mol. The van der Waals surface area contributed by atoms with Crippen molar-refractivity contribution < 1.29 is 19.0 Å². The maximum atomic E-state index is 13.5. The summed E-state index contributed by atoms with van der Waals surface area (Å²) >= 11 is 1.29. The van der Waals surface area contributed by atoms with Crippen molar-refractivity contribution in [2.75, 3.05) is 26.6 Å². The van der Waals surface area contributed by atoms with Crippen LogP contribution in [0.1, 0.15) is 22.2 Å². The Balaban J connectivity index is 1.73. The summed E-state index contributed by atoms with van der Waals surface area (Å²) in [5.41, 5.74) is 11.0. The van der Waals surface area contributed by atoms with E-state index in [2.05, 4.69) is 0 Å². The van der Waals surface area contributed by atoms with E-state index in [0.29, 0.717) is 50.2 Å². The van der Waals surface area contributed by atoms with Crippen LogP contribution in [-0.4, -0.2) is 31.6 Å². The maximum absolute atomic E-state index is 13.5. The van der Waals surface area contributed by atoms with Gasteiger partial charge >= 0.3 is 0 Å². The zero-order chi connectivity index (χ0) is 25.9. The molecule has 0 aliphatic heterocycles. The molecule has 0 aliphatic rings. The lowest BCUT2D eigenvalue weighted by Crippen LogP contribution is -2.02. The third kappa shape index (κ3) is 4.61. The number of fused-ring (bicyclic) bond motifs is 1. The van der Waals surface area contributed by atoms with Gasteiger partial charge in [-0.3, -0.25) is 4.79 Å². The molecule has 0 radical (unpaired) electrons. The molecule has 0 saturated heterocycles. The summed E-state index contributed by atoms with van der Waals surface area (Å²) in [7, 11) is 3.25. The van der Waals surface area contributed by atoms with Crippen LogP contribution in [-0.2, 0) is 0 Å². The van der Waals surface area contributed by atoms with Crippen LogP contribution in [0.25, 0.3) is 32.6 Å². The second-order valence-corrected chi connectivity index (χ2v) is 9.30. The Labute approximate surface area is 219 Å². The highest BCUT2D eigenvalue weighted by molar-refractivity contribution is 7.21. The number of aromatic nitrogens is 1. The normalized spacial score (nSPS) is 10.9. The Hall–Kier alpha value is -4.36. The minimum Gasteiger partial charge on any atom is -0.497 e. The number of ether oxygens (including phenoxy) is 3. The van der Waals surface area contributed by atoms with E-state index >= 15 is 0 Å². The predicted octanol–water partition coefficient (Wildman–Crippen LogP) is 6.86. The van der Waals surface area contributed by atoms with E-state index in [1.54, 1.807) is 38.5 Å².